The van der Waals surface area contributed by atoms with Crippen LogP contribution in [0.2, 0.25) is 0 Å². The van der Waals surface area contributed by atoms with Gasteiger partial charge in [-0.15, -0.1) is 0 Å². The molecule has 2 aliphatic rings. The normalized spacial score (nSPS) is 24.6. The van der Waals surface area contributed by atoms with Gasteiger partial charge >= 0.3 is 6.03 Å². The highest BCUT2D eigenvalue weighted by molar-refractivity contribution is 5.73. The van der Waals surface area contributed by atoms with E-state index in [-0.39, 0.29) is 12.1 Å². The first kappa shape index (κ1) is 18.2. The van der Waals surface area contributed by atoms with Gasteiger partial charge in [0, 0.05) is 32.2 Å². The van der Waals surface area contributed by atoms with Gasteiger partial charge < -0.3 is 15.7 Å². The molecule has 0 unspecified atom stereocenters. The minimum atomic E-state index is -0.179. The summed E-state index contributed by atoms with van der Waals surface area (Å²) in [7, 11) is 0. The van der Waals surface area contributed by atoms with Crippen LogP contribution in [0, 0.1) is 5.92 Å². The summed E-state index contributed by atoms with van der Waals surface area (Å²) in [6.45, 7) is 5.55. The molecule has 138 valence electrons. The highest BCUT2D eigenvalue weighted by Gasteiger charge is 2.24. The molecule has 1 heterocycles. The second kappa shape index (κ2) is 8.68. The lowest BCUT2D eigenvalue weighted by molar-refractivity contribution is 0.168. The SMILES string of the molecule is CC[C@H](CNC(=O)NC[C@H]1CC[C@@H](O)C1)N1CCc2ccccc2C1. The van der Waals surface area contributed by atoms with Crippen molar-refractivity contribution < 1.29 is 9.90 Å². The van der Waals surface area contributed by atoms with E-state index in [9.17, 15) is 9.90 Å². The zero-order chi connectivity index (χ0) is 17.6. The third-order valence-electron chi connectivity index (χ3n) is 5.71. The Hall–Kier alpha value is -1.59. The maximum atomic E-state index is 12.1. The molecule has 5 nitrogen and oxygen atoms in total. The molecule has 3 N–H and O–H groups in total. The molecule has 0 spiro atoms. The largest absolute Gasteiger partial charge is 0.393 e. The lowest BCUT2D eigenvalue weighted by atomic mass is 9.98. The fourth-order valence-corrected chi connectivity index (χ4v) is 4.10. The van der Waals surface area contributed by atoms with Crippen LogP contribution in [0.25, 0.3) is 0 Å². The van der Waals surface area contributed by atoms with Gasteiger partial charge in [0.25, 0.3) is 0 Å². The molecule has 3 atom stereocenters. The fourth-order valence-electron chi connectivity index (χ4n) is 4.10. The summed E-state index contributed by atoms with van der Waals surface area (Å²) in [6, 6.07) is 8.93. The minimum Gasteiger partial charge on any atom is -0.393 e. The Morgan fingerprint density at radius 2 is 2.08 bits per heavy atom. The first-order chi connectivity index (χ1) is 12.2. The van der Waals surface area contributed by atoms with E-state index in [2.05, 4.69) is 46.7 Å². The number of carbonyl (C=O) groups is 1. The Morgan fingerprint density at radius 3 is 2.80 bits per heavy atom. The molecule has 1 aliphatic carbocycles. The lowest BCUT2D eigenvalue weighted by Crippen LogP contribution is -2.48. The van der Waals surface area contributed by atoms with Crippen molar-refractivity contribution in [2.75, 3.05) is 19.6 Å². The summed E-state index contributed by atoms with van der Waals surface area (Å²) >= 11 is 0. The third kappa shape index (κ3) is 4.95. The molecule has 1 saturated carbocycles. The smallest absolute Gasteiger partial charge is 0.314 e. The summed E-state index contributed by atoms with van der Waals surface area (Å²) in [5.74, 6) is 0.418. The van der Waals surface area contributed by atoms with E-state index >= 15 is 0 Å². The molecule has 1 aromatic carbocycles. The summed E-state index contributed by atoms with van der Waals surface area (Å²) in [6.07, 6.45) is 4.61. The zero-order valence-electron chi connectivity index (χ0n) is 15.2. The molecule has 25 heavy (non-hydrogen) atoms. The topological polar surface area (TPSA) is 64.6 Å². The quantitative estimate of drug-likeness (QED) is 0.741. The zero-order valence-corrected chi connectivity index (χ0v) is 15.2. The molecule has 3 rings (SSSR count). The van der Waals surface area contributed by atoms with Gasteiger partial charge in [0.2, 0.25) is 0 Å². The number of hydrogen-bond donors (Lipinski definition) is 3. The van der Waals surface area contributed by atoms with Crippen LogP contribution in [0.4, 0.5) is 4.79 Å². The van der Waals surface area contributed by atoms with Crippen LogP contribution in [0.5, 0.6) is 0 Å². The van der Waals surface area contributed by atoms with Crippen molar-refractivity contribution in [3.63, 3.8) is 0 Å². The van der Waals surface area contributed by atoms with Crippen LogP contribution in [-0.4, -0.2) is 47.8 Å². The van der Waals surface area contributed by atoms with Gasteiger partial charge in [-0.1, -0.05) is 31.2 Å². The Bertz CT molecular complexity index is 578. The van der Waals surface area contributed by atoms with E-state index < -0.39 is 0 Å². The van der Waals surface area contributed by atoms with Crippen molar-refractivity contribution in [3.05, 3.63) is 35.4 Å². The molecule has 0 radical (unpaired) electrons. The predicted octanol–water partition coefficient (Wildman–Crippen LogP) is 2.28. The first-order valence-electron chi connectivity index (χ1n) is 9.66. The summed E-state index contributed by atoms with van der Waals surface area (Å²) < 4.78 is 0. The number of fused-ring (bicyclic) bond motifs is 1. The van der Waals surface area contributed by atoms with E-state index in [0.717, 1.165) is 45.2 Å². The number of rotatable bonds is 6. The number of nitrogens with one attached hydrogen (secondary N) is 2. The summed E-state index contributed by atoms with van der Waals surface area (Å²) in [5.41, 5.74) is 2.87. The molecular formula is C20H31N3O2. The minimum absolute atomic E-state index is 0.0859. The molecule has 5 heteroatoms. The van der Waals surface area contributed by atoms with Crippen LogP contribution in [0.15, 0.2) is 24.3 Å². The van der Waals surface area contributed by atoms with Crippen LogP contribution >= 0.6 is 0 Å². The number of nitrogens with zero attached hydrogens (tertiary/aromatic N) is 1. The molecular weight excluding hydrogens is 314 g/mol. The second-order valence-corrected chi connectivity index (χ2v) is 7.48. The Kier molecular flexibility index (Phi) is 6.32. The van der Waals surface area contributed by atoms with Crippen molar-refractivity contribution in [3.8, 4) is 0 Å². The lowest BCUT2D eigenvalue weighted by Gasteiger charge is -2.35. The van der Waals surface area contributed by atoms with Crippen molar-refractivity contribution >= 4 is 6.03 Å². The van der Waals surface area contributed by atoms with Crippen molar-refractivity contribution in [2.45, 2.75) is 57.7 Å². The number of benzene rings is 1. The van der Waals surface area contributed by atoms with Crippen molar-refractivity contribution in [1.29, 1.82) is 0 Å². The average molecular weight is 345 g/mol. The van der Waals surface area contributed by atoms with Crippen LogP contribution < -0.4 is 10.6 Å². The molecule has 2 amide bonds. The molecule has 0 bridgehead atoms. The number of amides is 2. The van der Waals surface area contributed by atoms with Crippen LogP contribution in [0.1, 0.15) is 43.7 Å². The van der Waals surface area contributed by atoms with E-state index in [1.165, 1.54) is 11.1 Å². The molecule has 1 fully saturated rings. The van der Waals surface area contributed by atoms with Gasteiger partial charge in [0.15, 0.2) is 0 Å². The van der Waals surface area contributed by atoms with E-state index in [0.29, 0.717) is 25.0 Å². The molecule has 0 saturated heterocycles. The second-order valence-electron chi connectivity index (χ2n) is 7.48. The van der Waals surface area contributed by atoms with E-state index in [1.807, 2.05) is 0 Å². The third-order valence-corrected chi connectivity index (χ3v) is 5.71. The predicted molar refractivity (Wildman–Crippen MR) is 99.4 cm³/mol. The number of aliphatic hydroxyl groups excluding tert-OH is 1. The highest BCUT2D eigenvalue weighted by atomic mass is 16.3. The van der Waals surface area contributed by atoms with Gasteiger partial charge in [0.1, 0.15) is 0 Å². The summed E-state index contributed by atoms with van der Waals surface area (Å²) in [4.78, 5) is 14.6. The van der Waals surface area contributed by atoms with Gasteiger partial charge in [-0.3, -0.25) is 4.90 Å². The first-order valence-corrected chi connectivity index (χ1v) is 9.66. The molecule has 1 aromatic rings. The molecule has 0 aromatic heterocycles. The average Bonchev–Trinajstić information content (AvgIpc) is 3.05. The van der Waals surface area contributed by atoms with Gasteiger partial charge in [-0.05, 0) is 49.1 Å². The monoisotopic (exact) mass is 345 g/mol. The van der Waals surface area contributed by atoms with Gasteiger partial charge in [-0.25, -0.2) is 4.79 Å². The standard InChI is InChI=1S/C20H31N3O2/c1-2-18(23-10-9-16-5-3-4-6-17(16)14-23)13-22-20(25)21-12-15-7-8-19(24)11-15/h3-6,15,18-19,24H,2,7-14H2,1H3,(H2,21,22,25)/t15-,18+,19+/m0/s1. The van der Waals surface area contributed by atoms with Gasteiger partial charge in [-0.2, -0.15) is 0 Å². The Morgan fingerprint density at radius 1 is 1.28 bits per heavy atom. The fraction of sp³-hybridized carbons (Fsp3) is 0.650. The maximum Gasteiger partial charge on any atom is 0.314 e. The number of hydrogen-bond acceptors (Lipinski definition) is 3. The molecule has 1 aliphatic heterocycles. The van der Waals surface area contributed by atoms with Gasteiger partial charge in [0.05, 0.1) is 6.10 Å². The van der Waals surface area contributed by atoms with E-state index in [4.69, 9.17) is 0 Å². The number of carbonyl (C=O) groups excluding carboxylic acids is 1. The van der Waals surface area contributed by atoms with Crippen molar-refractivity contribution in [2.24, 2.45) is 5.92 Å². The Labute approximate surface area is 150 Å². The highest BCUT2D eigenvalue weighted by Crippen LogP contribution is 2.24. The summed E-state index contributed by atoms with van der Waals surface area (Å²) in [5, 5.41) is 15.6. The van der Waals surface area contributed by atoms with E-state index in [1.54, 1.807) is 0 Å². The Balaban J connectivity index is 1.42. The van der Waals surface area contributed by atoms with Crippen LogP contribution in [0.3, 0.4) is 0 Å². The number of urea groups is 1. The van der Waals surface area contributed by atoms with Crippen molar-refractivity contribution in [1.82, 2.24) is 15.5 Å². The number of aliphatic hydroxyl groups is 1. The maximum absolute atomic E-state index is 12.1. The van der Waals surface area contributed by atoms with Crippen LogP contribution in [-0.2, 0) is 13.0 Å².